The van der Waals surface area contributed by atoms with E-state index in [-0.39, 0.29) is 11.5 Å². The maximum atomic E-state index is 12.8. The molecule has 2 heterocycles. The first-order valence-corrected chi connectivity index (χ1v) is 9.53. The Labute approximate surface area is 166 Å². The largest absolute Gasteiger partial charge is 0.508 e. The molecule has 7 heteroatoms. The minimum atomic E-state index is -0.425. The first kappa shape index (κ1) is 17.0. The second kappa shape index (κ2) is 6.49. The number of hydrogen-bond acceptors (Lipinski definition) is 5. The lowest BCUT2D eigenvalue weighted by atomic mass is 9.85. The number of nitrogens with zero attached hydrogens (tertiary/aromatic N) is 3. The van der Waals surface area contributed by atoms with Crippen LogP contribution in [0, 0.1) is 0 Å². The van der Waals surface area contributed by atoms with Crippen LogP contribution in [0.5, 0.6) is 5.75 Å². The molecule has 6 nitrogen and oxygen atoms in total. The Hall–Kier alpha value is -3.12. The molecule has 0 bridgehead atoms. The number of fused-ring (bicyclic) bond motifs is 1. The Balaban J connectivity index is 1.71. The Morgan fingerprint density at radius 1 is 1.14 bits per heavy atom. The van der Waals surface area contributed by atoms with Gasteiger partial charge >= 0.3 is 0 Å². The summed E-state index contributed by atoms with van der Waals surface area (Å²) in [6.07, 6.45) is 2.12. The number of carbonyl (C=O) groups excluding carboxylic acids is 1. The van der Waals surface area contributed by atoms with Crippen LogP contribution < -0.4 is 5.32 Å². The molecule has 1 aliphatic heterocycles. The van der Waals surface area contributed by atoms with Gasteiger partial charge in [-0.2, -0.15) is 4.98 Å². The summed E-state index contributed by atoms with van der Waals surface area (Å²) >= 11 is 6.50. The van der Waals surface area contributed by atoms with Crippen LogP contribution in [0.3, 0.4) is 0 Å². The number of Topliss-reactive ketones (excluding diaryl/α,β-unsaturated/α-hetero) is 1. The summed E-state index contributed by atoms with van der Waals surface area (Å²) in [6.45, 7) is 0. The topological polar surface area (TPSA) is 80.0 Å². The molecule has 2 aromatic carbocycles. The lowest BCUT2D eigenvalue weighted by molar-refractivity contribution is -0.116. The van der Waals surface area contributed by atoms with E-state index >= 15 is 0 Å². The fourth-order valence-corrected chi connectivity index (χ4v) is 4.15. The number of halogens is 1. The first-order valence-electron chi connectivity index (χ1n) is 9.15. The highest BCUT2D eigenvalue weighted by Gasteiger charge is 2.37. The smallest absolute Gasteiger partial charge is 0.226 e. The lowest BCUT2D eigenvalue weighted by Gasteiger charge is -2.32. The highest BCUT2D eigenvalue weighted by Crippen LogP contribution is 2.42. The van der Waals surface area contributed by atoms with Gasteiger partial charge in [0.2, 0.25) is 5.95 Å². The van der Waals surface area contributed by atoms with Gasteiger partial charge in [0, 0.05) is 33.8 Å². The van der Waals surface area contributed by atoms with E-state index in [4.69, 9.17) is 11.6 Å². The number of hydrogen-bond donors (Lipinski definition) is 2. The Kier molecular flexibility index (Phi) is 3.94. The Bertz CT molecular complexity index is 1130. The molecular formula is C21H17ClN4O2. The normalized spacial score (nSPS) is 18.5. The lowest BCUT2D eigenvalue weighted by Crippen LogP contribution is -2.31. The van der Waals surface area contributed by atoms with Crippen LogP contribution in [0.1, 0.15) is 30.9 Å². The molecule has 0 fully saturated rings. The van der Waals surface area contributed by atoms with Crippen LogP contribution in [-0.2, 0) is 4.79 Å². The van der Waals surface area contributed by atoms with Crippen molar-refractivity contribution in [2.45, 2.75) is 25.3 Å². The number of nitrogens with one attached hydrogen (secondary N) is 1. The van der Waals surface area contributed by atoms with Crippen molar-refractivity contribution in [1.82, 2.24) is 14.8 Å². The van der Waals surface area contributed by atoms with E-state index in [1.54, 1.807) is 22.9 Å². The highest BCUT2D eigenvalue weighted by molar-refractivity contribution is 6.31. The summed E-state index contributed by atoms with van der Waals surface area (Å²) < 4.78 is 1.72. The third-order valence-electron chi connectivity index (χ3n) is 5.17. The van der Waals surface area contributed by atoms with E-state index in [0.29, 0.717) is 34.4 Å². The maximum Gasteiger partial charge on any atom is 0.226 e. The van der Waals surface area contributed by atoms with Gasteiger partial charge in [-0.05, 0) is 31.0 Å². The number of allylic oxidation sites excluding steroid dienone is 2. The van der Waals surface area contributed by atoms with Crippen molar-refractivity contribution in [1.29, 1.82) is 0 Å². The van der Waals surface area contributed by atoms with Crippen molar-refractivity contribution in [2.24, 2.45) is 0 Å². The number of phenols is 1. The number of phenolic OH excluding ortho intramolecular Hbond substituents is 1. The molecule has 0 unspecified atom stereocenters. The zero-order chi connectivity index (χ0) is 19.3. The van der Waals surface area contributed by atoms with E-state index in [2.05, 4.69) is 15.4 Å². The summed E-state index contributed by atoms with van der Waals surface area (Å²) in [5, 5.41) is 18.4. The summed E-state index contributed by atoms with van der Waals surface area (Å²) in [6, 6.07) is 13.9. The van der Waals surface area contributed by atoms with Gasteiger partial charge in [-0.15, -0.1) is 5.10 Å². The van der Waals surface area contributed by atoms with E-state index < -0.39 is 6.04 Å². The zero-order valence-corrected chi connectivity index (χ0v) is 15.6. The third kappa shape index (κ3) is 2.68. The molecule has 0 saturated carbocycles. The molecule has 1 atom stereocenters. The number of anilines is 1. The van der Waals surface area contributed by atoms with Crippen LogP contribution in [0.2, 0.25) is 5.02 Å². The van der Waals surface area contributed by atoms with Gasteiger partial charge in [0.1, 0.15) is 11.8 Å². The molecule has 28 heavy (non-hydrogen) atoms. The second-order valence-corrected chi connectivity index (χ2v) is 7.38. The summed E-state index contributed by atoms with van der Waals surface area (Å²) in [5.74, 6) is 1.30. The molecule has 1 aromatic heterocycles. The number of aromatic nitrogens is 3. The fourth-order valence-electron chi connectivity index (χ4n) is 3.91. The average molecular weight is 393 g/mol. The number of rotatable bonds is 2. The minimum Gasteiger partial charge on any atom is -0.508 e. The van der Waals surface area contributed by atoms with E-state index in [1.807, 2.05) is 30.3 Å². The molecule has 3 aromatic rings. The molecule has 0 amide bonds. The van der Waals surface area contributed by atoms with Crippen LogP contribution >= 0.6 is 11.6 Å². The minimum absolute atomic E-state index is 0.110. The van der Waals surface area contributed by atoms with Crippen LogP contribution in [0.4, 0.5) is 5.95 Å². The number of aromatic hydroxyl groups is 1. The van der Waals surface area contributed by atoms with Gasteiger partial charge in [0.25, 0.3) is 0 Å². The van der Waals surface area contributed by atoms with Gasteiger partial charge in [-0.3, -0.25) is 4.79 Å². The van der Waals surface area contributed by atoms with E-state index in [0.717, 1.165) is 24.1 Å². The van der Waals surface area contributed by atoms with Crippen LogP contribution in [0.25, 0.3) is 11.4 Å². The average Bonchev–Trinajstić information content (AvgIpc) is 3.11. The van der Waals surface area contributed by atoms with Gasteiger partial charge < -0.3 is 10.4 Å². The SMILES string of the molecule is O=C1CCCC2=C1[C@@H](c1ccccc1Cl)n1nc(-c3cccc(O)c3)nc1N2. The summed E-state index contributed by atoms with van der Waals surface area (Å²) in [7, 11) is 0. The first-order chi connectivity index (χ1) is 13.6. The quantitative estimate of drug-likeness (QED) is 0.678. The molecule has 2 N–H and O–H groups in total. The van der Waals surface area contributed by atoms with Crippen LogP contribution in [0.15, 0.2) is 59.8 Å². The third-order valence-corrected chi connectivity index (χ3v) is 5.52. The predicted octanol–water partition coefficient (Wildman–Crippen LogP) is 4.33. The van der Waals surface area contributed by atoms with Crippen LogP contribution in [-0.4, -0.2) is 25.7 Å². The molecule has 0 saturated heterocycles. The number of ketones is 1. The van der Waals surface area contributed by atoms with Crippen molar-refractivity contribution in [3.63, 3.8) is 0 Å². The number of benzene rings is 2. The van der Waals surface area contributed by atoms with E-state index in [9.17, 15) is 9.90 Å². The monoisotopic (exact) mass is 392 g/mol. The van der Waals surface area contributed by atoms with Gasteiger partial charge in [0.05, 0.1) is 0 Å². The maximum absolute atomic E-state index is 12.8. The molecule has 0 spiro atoms. The second-order valence-electron chi connectivity index (χ2n) is 6.97. The Morgan fingerprint density at radius 2 is 2.00 bits per heavy atom. The molecule has 1 aliphatic carbocycles. The van der Waals surface area contributed by atoms with Gasteiger partial charge in [-0.25, -0.2) is 4.68 Å². The van der Waals surface area contributed by atoms with Gasteiger partial charge in [0.15, 0.2) is 11.6 Å². The Morgan fingerprint density at radius 3 is 2.82 bits per heavy atom. The zero-order valence-electron chi connectivity index (χ0n) is 14.9. The van der Waals surface area contributed by atoms with Gasteiger partial charge in [-0.1, -0.05) is 41.9 Å². The molecule has 5 rings (SSSR count). The summed E-state index contributed by atoms with van der Waals surface area (Å²) in [5.41, 5.74) is 3.12. The van der Waals surface area contributed by atoms with Crippen molar-refractivity contribution in [3.8, 4) is 17.1 Å². The highest BCUT2D eigenvalue weighted by atomic mass is 35.5. The predicted molar refractivity (Wildman–Crippen MR) is 106 cm³/mol. The molecular weight excluding hydrogens is 376 g/mol. The van der Waals surface area contributed by atoms with E-state index in [1.165, 1.54) is 0 Å². The van der Waals surface area contributed by atoms with Crippen molar-refractivity contribution in [2.75, 3.05) is 5.32 Å². The molecule has 140 valence electrons. The van der Waals surface area contributed by atoms with Crippen molar-refractivity contribution in [3.05, 3.63) is 70.4 Å². The summed E-state index contributed by atoms with van der Waals surface area (Å²) in [4.78, 5) is 17.4. The van der Waals surface area contributed by atoms with Crippen molar-refractivity contribution < 1.29 is 9.90 Å². The fraction of sp³-hybridized carbons (Fsp3) is 0.190. The number of carbonyl (C=O) groups is 1. The standard InChI is InChI=1S/C21H17ClN4O2/c22-15-8-2-1-7-14(15)19-18-16(9-4-10-17(18)28)23-21-24-20(25-26(19)21)12-5-3-6-13(27)11-12/h1-3,5-8,11,19,27H,4,9-10H2,(H,23,24,25)/t19-/m1/s1. The molecule has 0 radical (unpaired) electrons. The molecule has 2 aliphatic rings. The van der Waals surface area contributed by atoms with Crippen molar-refractivity contribution >= 4 is 23.3 Å².